The molecule has 0 aromatic carbocycles. The summed E-state index contributed by atoms with van der Waals surface area (Å²) in [4.78, 5) is 4.37. The van der Waals surface area contributed by atoms with E-state index < -0.39 is 0 Å². The predicted octanol–water partition coefficient (Wildman–Crippen LogP) is 5.29. The van der Waals surface area contributed by atoms with Gasteiger partial charge in [-0.3, -0.25) is 0 Å². The van der Waals surface area contributed by atoms with Crippen LogP contribution in [0.2, 0.25) is 0 Å². The van der Waals surface area contributed by atoms with Gasteiger partial charge in [-0.2, -0.15) is 0 Å². The molecule has 7 heteroatoms. The summed E-state index contributed by atoms with van der Waals surface area (Å²) in [5, 5.41) is 0. The van der Waals surface area contributed by atoms with Crippen molar-refractivity contribution in [2.75, 3.05) is 26.2 Å². The third-order valence-electron chi connectivity index (χ3n) is 3.67. The van der Waals surface area contributed by atoms with Crippen LogP contribution >= 0.6 is 49.7 Å². The number of nitrogens with zero attached hydrogens (tertiary/aromatic N) is 2. The molecule has 0 saturated carbocycles. The molecule has 0 aliphatic heterocycles. The van der Waals surface area contributed by atoms with Crippen LogP contribution in [0.15, 0.2) is 0 Å². The molecule has 0 aromatic heterocycles. The summed E-state index contributed by atoms with van der Waals surface area (Å²) in [6.07, 6.45) is 9.74. The molecule has 0 bridgehead atoms. The van der Waals surface area contributed by atoms with Crippen LogP contribution in [0, 0.1) is 0 Å². The Bertz CT molecular complexity index is 271. The van der Waals surface area contributed by atoms with E-state index in [0.29, 0.717) is 0 Å². The van der Waals surface area contributed by atoms with Crippen molar-refractivity contribution in [3.05, 3.63) is 0 Å². The Hall–Kier alpha value is 0.999. The molecule has 152 valence electrons. The second-order valence-corrected chi connectivity index (χ2v) is 8.18. The van der Waals surface area contributed by atoms with Gasteiger partial charge < -0.3 is 9.80 Å². The topological polar surface area (TPSA) is 6.48 Å². The van der Waals surface area contributed by atoms with Crippen molar-refractivity contribution in [1.82, 2.24) is 9.80 Å². The first kappa shape index (κ1) is 30.7. The van der Waals surface area contributed by atoms with Crippen molar-refractivity contribution in [3.8, 4) is 0 Å². The quantitative estimate of drug-likeness (QED) is 0.217. The molecule has 25 heavy (non-hydrogen) atoms. The van der Waals surface area contributed by atoms with E-state index in [1.165, 1.54) is 51.4 Å². The normalized spacial score (nSPS) is 9.52. The summed E-state index contributed by atoms with van der Waals surface area (Å²) in [5.41, 5.74) is 0. The van der Waals surface area contributed by atoms with Crippen LogP contribution in [-0.4, -0.2) is 61.7 Å². The zero-order valence-corrected chi connectivity index (χ0v) is 22.1. The Labute approximate surface area is 189 Å². The summed E-state index contributed by atoms with van der Waals surface area (Å²) < 4.78 is 1.49. The maximum atomic E-state index is 5.03. The first-order chi connectivity index (χ1) is 11.4. The molecule has 0 atom stereocenters. The van der Waals surface area contributed by atoms with Crippen LogP contribution in [0.3, 0.4) is 0 Å². The fraction of sp³-hybridized carbons (Fsp3) is 0.889. The zero-order chi connectivity index (χ0) is 18.8. The second-order valence-electron chi connectivity index (χ2n) is 5.95. The Kier molecular flexibility index (Phi) is 28.3. The van der Waals surface area contributed by atoms with E-state index in [4.69, 9.17) is 24.4 Å². The average Bonchev–Trinajstić information content (AvgIpc) is 2.55. The van der Waals surface area contributed by atoms with Gasteiger partial charge in [0, 0.05) is 26.2 Å². The van der Waals surface area contributed by atoms with Gasteiger partial charge in [-0.15, -0.1) is 25.3 Å². The molecule has 0 saturated heterocycles. The van der Waals surface area contributed by atoms with Crippen LogP contribution in [0.25, 0.3) is 0 Å². The fourth-order valence-corrected chi connectivity index (χ4v) is 2.77. The molecule has 0 fully saturated rings. The van der Waals surface area contributed by atoms with Crippen LogP contribution < -0.4 is 0 Å². The summed E-state index contributed by atoms with van der Waals surface area (Å²) in [6.45, 7) is 13.0. The van der Waals surface area contributed by atoms with E-state index in [2.05, 4.69) is 62.8 Å². The molecule has 0 N–H and O–H groups in total. The Morgan fingerprint density at radius 1 is 0.600 bits per heavy atom. The van der Waals surface area contributed by atoms with Gasteiger partial charge in [0.05, 0.1) is 0 Å². The fourth-order valence-electron chi connectivity index (χ4n) is 2.00. The van der Waals surface area contributed by atoms with Gasteiger partial charge in [0.25, 0.3) is 0 Å². The van der Waals surface area contributed by atoms with Gasteiger partial charge in [-0.05, 0) is 25.7 Å². The molecule has 2 nitrogen and oxygen atoms in total. The minimum atomic E-state index is 0. The average molecular weight is 492 g/mol. The summed E-state index contributed by atoms with van der Waals surface area (Å²) in [7, 11) is 0. The maximum absolute atomic E-state index is 5.03. The number of unbranched alkanes of at least 4 members (excludes halogenated alkanes) is 4. The monoisotopic (exact) mass is 492 g/mol. The molecule has 0 radical (unpaired) electrons. The number of thiocarbonyl (C=S) groups is 2. The summed E-state index contributed by atoms with van der Waals surface area (Å²) in [6, 6.07) is 0. The Morgan fingerprint density at radius 3 is 0.920 bits per heavy atom. The molecule has 0 heterocycles. The summed E-state index contributed by atoms with van der Waals surface area (Å²) in [5.74, 6) is 0. The number of hydrogen-bond donors (Lipinski definition) is 2. The van der Waals surface area contributed by atoms with Crippen molar-refractivity contribution >= 4 is 75.4 Å². The first-order valence-corrected chi connectivity index (χ1v) is 11.1. The second kappa shape index (κ2) is 23.0. The van der Waals surface area contributed by atoms with Crippen molar-refractivity contribution in [2.45, 2.75) is 79.1 Å². The number of thiol groups is 2. The van der Waals surface area contributed by atoms with Crippen molar-refractivity contribution in [1.29, 1.82) is 0 Å². The molecule has 0 unspecified atom stereocenters. The molecular weight excluding hydrogens is 451 g/mol. The molecule has 0 spiro atoms. The van der Waals surface area contributed by atoms with Crippen LogP contribution in [0.4, 0.5) is 0 Å². The van der Waals surface area contributed by atoms with Gasteiger partial charge in [0.2, 0.25) is 0 Å². The predicted molar refractivity (Wildman–Crippen MR) is 134 cm³/mol. The molecule has 0 aliphatic rings. The van der Waals surface area contributed by atoms with Crippen LogP contribution in [0.1, 0.15) is 79.1 Å². The van der Waals surface area contributed by atoms with Crippen molar-refractivity contribution in [3.63, 3.8) is 0 Å². The van der Waals surface area contributed by atoms with E-state index in [-0.39, 0.29) is 17.1 Å². The minimum absolute atomic E-state index is 0. The van der Waals surface area contributed by atoms with Gasteiger partial charge >= 0.3 is 17.1 Å². The van der Waals surface area contributed by atoms with Crippen LogP contribution in [-0.2, 0) is 0 Å². The molecule has 0 aromatic rings. The van der Waals surface area contributed by atoms with E-state index in [1.807, 2.05) is 0 Å². The SMILES string of the molecule is CCCCN(CCCC)C(=S)S.CCCCN(CCCC)C(=S)S.[SeH2]. The molecule has 0 amide bonds. The Morgan fingerprint density at radius 2 is 0.800 bits per heavy atom. The first-order valence-electron chi connectivity index (χ1n) is 9.40. The number of hydrogen-bond acceptors (Lipinski definition) is 2. The molecule has 0 aliphatic carbocycles. The zero-order valence-electron chi connectivity index (χ0n) is 16.6. The Balaban J connectivity index is -0.000000372. The van der Waals surface area contributed by atoms with Crippen molar-refractivity contribution < 1.29 is 0 Å². The van der Waals surface area contributed by atoms with Crippen molar-refractivity contribution in [2.24, 2.45) is 0 Å². The molecule has 0 rings (SSSR count). The van der Waals surface area contributed by atoms with E-state index >= 15 is 0 Å². The van der Waals surface area contributed by atoms with Gasteiger partial charge in [-0.1, -0.05) is 77.8 Å². The number of rotatable bonds is 12. The van der Waals surface area contributed by atoms with Gasteiger partial charge in [0.15, 0.2) is 0 Å². The van der Waals surface area contributed by atoms with Gasteiger partial charge in [-0.25, -0.2) is 0 Å². The van der Waals surface area contributed by atoms with Gasteiger partial charge in [0.1, 0.15) is 8.64 Å². The van der Waals surface area contributed by atoms with E-state index in [9.17, 15) is 0 Å². The summed E-state index contributed by atoms with van der Waals surface area (Å²) >= 11 is 18.5. The third kappa shape index (κ3) is 21.2. The third-order valence-corrected chi connectivity index (χ3v) is 4.75. The standard InChI is InChI=1S/2C9H19NS2.H2Se/c2*1-3-5-7-10(9(11)12)8-6-4-2;/h2*3-8H2,1-2H3,(H,11,12);1H2. The van der Waals surface area contributed by atoms with E-state index in [1.54, 1.807) is 0 Å². The van der Waals surface area contributed by atoms with E-state index in [0.717, 1.165) is 34.8 Å². The molecular formula is C18H40N2S4Se. The van der Waals surface area contributed by atoms with Crippen LogP contribution in [0.5, 0.6) is 0 Å².